The van der Waals surface area contributed by atoms with Gasteiger partial charge >= 0.3 is 0 Å². The molecule has 0 N–H and O–H groups in total. The second-order valence-corrected chi connectivity index (χ2v) is 14.0. The van der Waals surface area contributed by atoms with Crippen LogP contribution in [0.5, 0.6) is 0 Å². The molecule has 0 saturated carbocycles. The van der Waals surface area contributed by atoms with Crippen molar-refractivity contribution in [2.24, 2.45) is 0 Å². The van der Waals surface area contributed by atoms with Crippen LogP contribution in [0.3, 0.4) is 0 Å². The Labute approximate surface area is 299 Å². The summed E-state index contributed by atoms with van der Waals surface area (Å²) in [6.45, 7) is 0. The standard InChI is InChI=1S/C49H29N3/c1-2-11-34(12-3-1)51-43-16-7-6-14-38(43)40-27-32(18-22-44(40)51)33-19-23-45-42(28-33)48-36-13-5-4-9-30(36)17-24-46(48)52(45)35-20-21-37-39-15-8-10-31-25-26-50-49(47(31)39)41(37)29-35/h1-29H. The van der Waals surface area contributed by atoms with Crippen molar-refractivity contribution in [3.05, 3.63) is 176 Å². The summed E-state index contributed by atoms with van der Waals surface area (Å²) < 4.78 is 4.82. The maximum absolute atomic E-state index is 4.90. The van der Waals surface area contributed by atoms with Crippen LogP contribution < -0.4 is 0 Å². The molecule has 3 nitrogen and oxygen atoms in total. The third-order valence-corrected chi connectivity index (χ3v) is 11.3. The molecule has 11 aromatic rings. The summed E-state index contributed by atoms with van der Waals surface area (Å²) in [5.74, 6) is 0. The van der Waals surface area contributed by atoms with Crippen molar-refractivity contribution in [1.29, 1.82) is 0 Å². The van der Waals surface area contributed by atoms with Crippen molar-refractivity contribution in [1.82, 2.24) is 14.1 Å². The molecule has 0 radical (unpaired) electrons. The van der Waals surface area contributed by atoms with Crippen LogP contribution in [0.2, 0.25) is 0 Å². The molecule has 0 saturated heterocycles. The van der Waals surface area contributed by atoms with Gasteiger partial charge in [-0.2, -0.15) is 0 Å². The molecule has 0 spiro atoms. The molecule has 0 unspecified atom stereocenters. The van der Waals surface area contributed by atoms with Gasteiger partial charge in [-0.05, 0) is 105 Å². The number of aromatic nitrogens is 3. The third-order valence-electron chi connectivity index (χ3n) is 11.3. The molecule has 1 aliphatic rings. The fourth-order valence-corrected chi connectivity index (χ4v) is 9.02. The van der Waals surface area contributed by atoms with Gasteiger partial charge in [0.05, 0.1) is 27.8 Å². The first-order valence-electron chi connectivity index (χ1n) is 17.9. The van der Waals surface area contributed by atoms with Gasteiger partial charge in [-0.3, -0.25) is 4.98 Å². The Morgan fingerprint density at radius 2 is 1.04 bits per heavy atom. The average molecular weight is 660 g/mol. The predicted octanol–water partition coefficient (Wildman–Crippen LogP) is 12.9. The molecule has 0 aliphatic heterocycles. The van der Waals surface area contributed by atoms with Crippen molar-refractivity contribution >= 4 is 65.2 Å². The van der Waals surface area contributed by atoms with E-state index in [9.17, 15) is 0 Å². The lowest BCUT2D eigenvalue weighted by Gasteiger charge is -2.11. The summed E-state index contributed by atoms with van der Waals surface area (Å²) in [6.07, 6.45) is 1.94. The van der Waals surface area contributed by atoms with Gasteiger partial charge in [-0.25, -0.2) is 0 Å². The largest absolute Gasteiger partial charge is 0.309 e. The van der Waals surface area contributed by atoms with E-state index in [1.54, 1.807) is 0 Å². The van der Waals surface area contributed by atoms with Crippen LogP contribution in [0.4, 0.5) is 0 Å². The SMILES string of the molecule is c1ccc(-n2c3ccccc3c3cc(-c4ccc5c(c4)c4c6ccccc6ccc4n5-c4ccc5c(c4)-c4nccc6cccc-5c46)ccc32)cc1. The Bertz CT molecular complexity index is 3280. The van der Waals surface area contributed by atoms with E-state index in [1.807, 2.05) is 6.20 Å². The molecule has 3 aromatic heterocycles. The number of hydrogen-bond donors (Lipinski definition) is 0. The Morgan fingerprint density at radius 3 is 1.92 bits per heavy atom. The molecule has 0 fully saturated rings. The summed E-state index contributed by atoms with van der Waals surface area (Å²) >= 11 is 0. The number of rotatable bonds is 3. The molecule has 8 aromatic carbocycles. The normalized spacial score (nSPS) is 12.2. The van der Waals surface area contributed by atoms with E-state index in [2.05, 4.69) is 179 Å². The maximum Gasteiger partial charge on any atom is 0.0793 e. The van der Waals surface area contributed by atoms with E-state index >= 15 is 0 Å². The van der Waals surface area contributed by atoms with Gasteiger partial charge in [0.1, 0.15) is 0 Å². The molecule has 3 heteroatoms. The van der Waals surface area contributed by atoms with E-state index in [0.29, 0.717) is 0 Å². The smallest absolute Gasteiger partial charge is 0.0793 e. The molecule has 3 heterocycles. The lowest BCUT2D eigenvalue weighted by molar-refractivity contribution is 1.18. The van der Waals surface area contributed by atoms with Gasteiger partial charge in [0, 0.05) is 50.1 Å². The zero-order chi connectivity index (χ0) is 33.9. The van der Waals surface area contributed by atoms with Gasteiger partial charge in [0.15, 0.2) is 0 Å². The first kappa shape index (κ1) is 27.8. The van der Waals surface area contributed by atoms with E-state index in [4.69, 9.17) is 4.98 Å². The van der Waals surface area contributed by atoms with Crippen LogP contribution >= 0.6 is 0 Å². The Morgan fingerprint density at radius 1 is 0.346 bits per heavy atom. The predicted molar refractivity (Wildman–Crippen MR) is 218 cm³/mol. The number of benzene rings is 8. The highest BCUT2D eigenvalue weighted by atomic mass is 15.0. The van der Waals surface area contributed by atoms with Crippen molar-refractivity contribution < 1.29 is 0 Å². The lowest BCUT2D eigenvalue weighted by Crippen LogP contribution is -1.95. The number of para-hydroxylation sites is 2. The lowest BCUT2D eigenvalue weighted by atomic mass is 9.99. The molecule has 12 rings (SSSR count). The Hall–Kier alpha value is -6.97. The molecular weight excluding hydrogens is 631 g/mol. The first-order chi connectivity index (χ1) is 25.8. The monoisotopic (exact) mass is 659 g/mol. The highest BCUT2D eigenvalue weighted by molar-refractivity contribution is 6.22. The number of fused-ring (bicyclic) bond motifs is 11. The van der Waals surface area contributed by atoms with E-state index in [1.165, 1.54) is 98.7 Å². The van der Waals surface area contributed by atoms with Crippen LogP contribution in [0, 0.1) is 0 Å². The molecular formula is C49H29N3. The summed E-state index contributed by atoms with van der Waals surface area (Å²) in [6, 6.07) is 62.3. The summed E-state index contributed by atoms with van der Waals surface area (Å²) in [5, 5.41) is 10.0. The van der Waals surface area contributed by atoms with Crippen molar-refractivity contribution in [3.63, 3.8) is 0 Å². The van der Waals surface area contributed by atoms with E-state index in [0.717, 1.165) is 11.4 Å². The zero-order valence-corrected chi connectivity index (χ0v) is 28.1. The van der Waals surface area contributed by atoms with Gasteiger partial charge in [0.25, 0.3) is 0 Å². The number of pyridine rings is 1. The van der Waals surface area contributed by atoms with Crippen LogP contribution in [0.15, 0.2) is 176 Å². The Balaban J connectivity index is 1.10. The van der Waals surface area contributed by atoms with E-state index < -0.39 is 0 Å². The maximum atomic E-state index is 4.90. The van der Waals surface area contributed by atoms with E-state index in [-0.39, 0.29) is 0 Å². The van der Waals surface area contributed by atoms with Crippen molar-refractivity contribution in [2.75, 3.05) is 0 Å². The molecule has 0 atom stereocenters. The van der Waals surface area contributed by atoms with Crippen molar-refractivity contribution in [2.45, 2.75) is 0 Å². The van der Waals surface area contributed by atoms with Crippen LogP contribution in [0.1, 0.15) is 0 Å². The summed E-state index contributed by atoms with van der Waals surface area (Å²) in [5.41, 5.74) is 14.3. The minimum atomic E-state index is 1.07. The minimum Gasteiger partial charge on any atom is -0.309 e. The molecule has 0 amide bonds. The van der Waals surface area contributed by atoms with Crippen LogP contribution in [-0.4, -0.2) is 14.1 Å². The summed E-state index contributed by atoms with van der Waals surface area (Å²) in [4.78, 5) is 4.90. The zero-order valence-electron chi connectivity index (χ0n) is 28.1. The van der Waals surface area contributed by atoms with Crippen LogP contribution in [0.25, 0.3) is 110 Å². The highest BCUT2D eigenvalue weighted by Crippen LogP contribution is 2.48. The number of nitrogens with zero attached hydrogens (tertiary/aromatic N) is 3. The van der Waals surface area contributed by atoms with Crippen LogP contribution in [-0.2, 0) is 0 Å². The minimum absolute atomic E-state index is 1.07. The Kier molecular flexibility index (Phi) is 5.50. The fourth-order valence-electron chi connectivity index (χ4n) is 9.02. The second kappa shape index (κ2) is 10.3. The average Bonchev–Trinajstić information content (AvgIpc) is 3.84. The molecule has 240 valence electrons. The number of hydrogen-bond acceptors (Lipinski definition) is 1. The fraction of sp³-hybridized carbons (Fsp3) is 0. The van der Waals surface area contributed by atoms with Gasteiger partial charge < -0.3 is 9.13 Å². The summed E-state index contributed by atoms with van der Waals surface area (Å²) in [7, 11) is 0. The van der Waals surface area contributed by atoms with Crippen molar-refractivity contribution in [3.8, 4) is 44.9 Å². The van der Waals surface area contributed by atoms with Gasteiger partial charge in [-0.15, -0.1) is 0 Å². The topological polar surface area (TPSA) is 22.8 Å². The highest BCUT2D eigenvalue weighted by Gasteiger charge is 2.24. The first-order valence-corrected chi connectivity index (χ1v) is 17.9. The molecule has 1 aliphatic carbocycles. The van der Waals surface area contributed by atoms with Gasteiger partial charge in [0.2, 0.25) is 0 Å². The third kappa shape index (κ3) is 3.72. The quantitative estimate of drug-likeness (QED) is 0.185. The molecule has 52 heavy (non-hydrogen) atoms. The molecule has 0 bridgehead atoms. The van der Waals surface area contributed by atoms with Gasteiger partial charge in [-0.1, -0.05) is 103 Å². The second-order valence-electron chi connectivity index (χ2n) is 14.0.